The second-order valence-electron chi connectivity index (χ2n) is 7.29. The lowest BCUT2D eigenvalue weighted by molar-refractivity contribution is -0.404. The number of rotatable bonds is 5. The number of furan rings is 2. The molecule has 0 aliphatic carbocycles. The molecule has 1 saturated heterocycles. The van der Waals surface area contributed by atoms with Crippen molar-refractivity contribution in [2.45, 2.75) is 25.4 Å². The molecule has 178 valence electrons. The van der Waals surface area contributed by atoms with Gasteiger partial charge in [0.15, 0.2) is 0 Å². The van der Waals surface area contributed by atoms with E-state index in [-0.39, 0.29) is 23.8 Å². The predicted molar refractivity (Wildman–Crippen MR) is 113 cm³/mol. The number of phenolic OH excluding ortho intramolecular Hbond substituents is 1. The van der Waals surface area contributed by atoms with Crippen LogP contribution in [0.3, 0.4) is 0 Å². The van der Waals surface area contributed by atoms with Crippen molar-refractivity contribution < 1.29 is 33.5 Å². The second kappa shape index (κ2) is 9.91. The molecule has 0 bridgehead atoms. The van der Waals surface area contributed by atoms with Crippen LogP contribution in [0.25, 0.3) is 0 Å². The molecule has 4 rings (SSSR count). The molecule has 3 aromatic rings. The summed E-state index contributed by atoms with van der Waals surface area (Å²) in [5, 5.41) is 43.6. The van der Waals surface area contributed by atoms with E-state index in [2.05, 4.69) is 5.32 Å². The van der Waals surface area contributed by atoms with Gasteiger partial charge in [-0.1, -0.05) is 6.92 Å². The summed E-state index contributed by atoms with van der Waals surface area (Å²) in [4.78, 5) is 39.9. The van der Waals surface area contributed by atoms with Crippen molar-refractivity contribution in [1.29, 1.82) is 0 Å². The number of non-ortho nitro benzene ring substituents is 1. The van der Waals surface area contributed by atoms with Crippen molar-refractivity contribution in [3.05, 3.63) is 90.8 Å². The Morgan fingerprint density at radius 1 is 0.941 bits per heavy atom. The Hall–Kier alpha value is -4.59. The normalized spacial score (nSPS) is 19.7. The Balaban J connectivity index is 0.000000192. The standard InChI is InChI=1S/C14H15NO3.C6H3N3O7/c1-9-11(16)8-10(12-4-2-6-17-12)15-14(9)13-5-3-7-18-13;10-6-4(8(13)14)1-3(7(11)12)2-5(6)9(15)16/h2-7,9-10,14-15H,8H2,1H3;1-2,10H. The summed E-state index contributed by atoms with van der Waals surface area (Å²) in [5.74, 6) is 0.540. The molecule has 0 amide bonds. The van der Waals surface area contributed by atoms with E-state index in [1.807, 2.05) is 31.2 Å². The van der Waals surface area contributed by atoms with E-state index in [0.717, 1.165) is 11.5 Å². The van der Waals surface area contributed by atoms with Crippen LogP contribution in [0, 0.1) is 36.3 Å². The molecule has 2 N–H and O–H groups in total. The first-order valence-corrected chi connectivity index (χ1v) is 9.75. The molecule has 1 aromatic carbocycles. The fourth-order valence-corrected chi connectivity index (χ4v) is 3.44. The number of carbonyl (C=O) groups excluding carboxylic acids is 1. The first kappa shape index (κ1) is 24.1. The Morgan fingerprint density at radius 3 is 1.91 bits per heavy atom. The summed E-state index contributed by atoms with van der Waals surface area (Å²) in [6, 6.07) is 8.19. The van der Waals surface area contributed by atoms with Gasteiger partial charge in [0, 0.05) is 12.3 Å². The quantitative estimate of drug-likeness (QED) is 0.399. The molecule has 3 atom stereocenters. The first-order chi connectivity index (χ1) is 16.1. The van der Waals surface area contributed by atoms with Crippen LogP contribution >= 0.6 is 0 Å². The molecule has 3 heterocycles. The third-order valence-electron chi connectivity index (χ3n) is 5.19. The maximum atomic E-state index is 12.1. The van der Waals surface area contributed by atoms with Crippen LogP contribution in [0.1, 0.15) is 36.9 Å². The van der Waals surface area contributed by atoms with Crippen molar-refractivity contribution >= 4 is 22.8 Å². The number of carbonyl (C=O) groups is 1. The lowest BCUT2D eigenvalue weighted by Gasteiger charge is -2.32. The van der Waals surface area contributed by atoms with Crippen molar-refractivity contribution in [2.24, 2.45) is 5.92 Å². The van der Waals surface area contributed by atoms with Gasteiger partial charge in [0.25, 0.3) is 11.4 Å². The lowest BCUT2D eigenvalue weighted by atomic mass is 9.85. The fourth-order valence-electron chi connectivity index (χ4n) is 3.44. The molecule has 0 spiro atoms. The van der Waals surface area contributed by atoms with E-state index in [1.54, 1.807) is 12.5 Å². The van der Waals surface area contributed by atoms with Crippen LogP contribution in [0.2, 0.25) is 0 Å². The number of nitro groups is 3. The van der Waals surface area contributed by atoms with Crippen molar-refractivity contribution in [1.82, 2.24) is 5.32 Å². The molecule has 1 fully saturated rings. The van der Waals surface area contributed by atoms with Crippen LogP contribution in [-0.4, -0.2) is 25.7 Å². The average molecular weight is 474 g/mol. The minimum atomic E-state index is -1.21. The summed E-state index contributed by atoms with van der Waals surface area (Å²) in [6.45, 7) is 1.93. The first-order valence-electron chi connectivity index (χ1n) is 9.75. The van der Waals surface area contributed by atoms with Crippen LogP contribution in [0.15, 0.2) is 57.8 Å². The predicted octanol–water partition coefficient (Wildman–Crippen LogP) is 3.97. The molecule has 14 nitrogen and oxygen atoms in total. The molecule has 14 heteroatoms. The molecule has 1 aliphatic rings. The van der Waals surface area contributed by atoms with E-state index in [4.69, 9.17) is 13.9 Å². The van der Waals surface area contributed by atoms with E-state index >= 15 is 0 Å². The van der Waals surface area contributed by atoms with Gasteiger partial charge in [-0.3, -0.25) is 40.5 Å². The molecule has 0 radical (unpaired) electrons. The van der Waals surface area contributed by atoms with Gasteiger partial charge >= 0.3 is 11.4 Å². The maximum absolute atomic E-state index is 12.1. The van der Waals surface area contributed by atoms with Crippen molar-refractivity contribution in [2.75, 3.05) is 0 Å². The van der Waals surface area contributed by atoms with Gasteiger partial charge in [0.2, 0.25) is 0 Å². The van der Waals surface area contributed by atoms with Gasteiger partial charge in [-0.05, 0) is 24.3 Å². The summed E-state index contributed by atoms with van der Waals surface area (Å²) in [7, 11) is 0. The number of aromatic hydroxyl groups is 1. The van der Waals surface area contributed by atoms with E-state index < -0.39 is 37.6 Å². The molecule has 3 unspecified atom stereocenters. The number of piperidine rings is 1. The monoisotopic (exact) mass is 474 g/mol. The van der Waals surface area contributed by atoms with Gasteiger partial charge in [0.1, 0.15) is 17.3 Å². The number of phenols is 1. The highest BCUT2D eigenvalue weighted by molar-refractivity contribution is 5.83. The zero-order valence-electron chi connectivity index (χ0n) is 17.5. The molecule has 34 heavy (non-hydrogen) atoms. The lowest BCUT2D eigenvalue weighted by Crippen LogP contribution is -2.40. The Labute approximate surface area is 190 Å². The van der Waals surface area contributed by atoms with Gasteiger partial charge in [0.05, 0.1) is 51.5 Å². The smallest absolute Gasteiger partial charge is 0.324 e. The SMILES string of the molecule is CC1C(=O)CC(c2ccco2)NC1c1ccco1.O=[N+]([O-])c1cc([N+](=O)[O-])c(O)c([N+](=O)[O-])c1. The number of nitrogens with zero attached hydrogens (tertiary/aromatic N) is 3. The highest BCUT2D eigenvalue weighted by Gasteiger charge is 2.37. The average Bonchev–Trinajstić information content (AvgIpc) is 3.50. The summed E-state index contributed by atoms with van der Waals surface area (Å²) in [6.07, 6.45) is 3.72. The largest absolute Gasteiger partial charge is 0.497 e. The van der Waals surface area contributed by atoms with Crippen LogP contribution < -0.4 is 5.32 Å². The minimum absolute atomic E-state index is 0.0706. The maximum Gasteiger partial charge on any atom is 0.324 e. The number of benzene rings is 1. The number of hydrogen-bond donors (Lipinski definition) is 2. The Morgan fingerprint density at radius 2 is 1.47 bits per heavy atom. The summed E-state index contributed by atoms with van der Waals surface area (Å²) >= 11 is 0. The van der Waals surface area contributed by atoms with Crippen molar-refractivity contribution in [3.63, 3.8) is 0 Å². The summed E-state index contributed by atoms with van der Waals surface area (Å²) in [5.41, 5.74) is -3.00. The Bertz CT molecular complexity index is 1170. The van der Waals surface area contributed by atoms with Crippen LogP contribution in [0.4, 0.5) is 17.1 Å². The number of ketones is 1. The summed E-state index contributed by atoms with van der Waals surface area (Å²) < 4.78 is 10.8. The Kier molecular flexibility index (Phi) is 7.01. The van der Waals surface area contributed by atoms with Gasteiger partial charge < -0.3 is 13.9 Å². The number of Topliss-reactive ketones (excluding diaryl/α,β-unsaturated/α-hetero) is 1. The van der Waals surface area contributed by atoms with Gasteiger partial charge in [-0.15, -0.1) is 0 Å². The van der Waals surface area contributed by atoms with E-state index in [9.17, 15) is 35.1 Å². The number of nitrogens with one attached hydrogen (secondary N) is 1. The van der Waals surface area contributed by atoms with Crippen molar-refractivity contribution in [3.8, 4) is 5.75 Å². The third-order valence-corrected chi connectivity index (χ3v) is 5.19. The van der Waals surface area contributed by atoms with Gasteiger partial charge in [-0.25, -0.2) is 0 Å². The molecular weight excluding hydrogens is 456 g/mol. The molecule has 2 aromatic heterocycles. The minimum Gasteiger partial charge on any atom is -0.497 e. The van der Waals surface area contributed by atoms with E-state index in [0.29, 0.717) is 18.6 Å². The topological polar surface area (TPSA) is 205 Å². The number of hydrogen-bond acceptors (Lipinski definition) is 11. The zero-order valence-corrected chi connectivity index (χ0v) is 17.5. The highest BCUT2D eigenvalue weighted by Crippen LogP contribution is 2.39. The fraction of sp³-hybridized carbons (Fsp3) is 0.250. The second-order valence-corrected chi connectivity index (χ2v) is 7.29. The van der Waals surface area contributed by atoms with Crippen LogP contribution in [-0.2, 0) is 4.79 Å². The molecule has 1 aliphatic heterocycles. The zero-order chi connectivity index (χ0) is 25.0. The van der Waals surface area contributed by atoms with E-state index in [1.165, 1.54) is 0 Å². The molecular formula is C20H18N4O10. The highest BCUT2D eigenvalue weighted by atomic mass is 16.6. The number of nitro benzene ring substituents is 3. The van der Waals surface area contributed by atoms with Gasteiger partial charge in [-0.2, -0.15) is 0 Å². The third kappa shape index (κ3) is 5.07. The molecule has 0 saturated carbocycles. The van der Waals surface area contributed by atoms with Crippen LogP contribution in [0.5, 0.6) is 5.75 Å².